The van der Waals surface area contributed by atoms with Gasteiger partial charge in [-0.15, -0.1) is 5.10 Å². The third-order valence-corrected chi connectivity index (χ3v) is 6.26. The van der Waals surface area contributed by atoms with Crippen LogP contribution in [-0.2, 0) is 4.79 Å². The lowest BCUT2D eigenvalue weighted by molar-refractivity contribution is -0.132. The van der Waals surface area contributed by atoms with Crippen molar-refractivity contribution in [2.24, 2.45) is 0 Å². The van der Waals surface area contributed by atoms with Crippen molar-refractivity contribution in [3.63, 3.8) is 0 Å². The Kier molecular flexibility index (Phi) is 4.76. The Morgan fingerprint density at radius 2 is 1.97 bits per heavy atom. The van der Waals surface area contributed by atoms with Gasteiger partial charge in [-0.2, -0.15) is 0 Å². The molecule has 4 aromatic rings. The highest BCUT2D eigenvalue weighted by Gasteiger charge is 2.31. The zero-order valence-electron chi connectivity index (χ0n) is 18.0. The number of aromatic nitrogens is 4. The Hall–Kier alpha value is -3.62. The largest absolute Gasteiger partial charge is 0.342 e. The highest BCUT2D eigenvalue weighted by molar-refractivity contribution is 5.85. The number of anilines is 1. The maximum atomic E-state index is 15.3. The molecule has 0 bridgehead atoms. The van der Waals surface area contributed by atoms with Crippen molar-refractivity contribution >= 4 is 28.3 Å². The summed E-state index contributed by atoms with van der Waals surface area (Å²) in [4.78, 5) is 24.5. The second kappa shape index (κ2) is 7.51. The molecule has 0 spiro atoms. The van der Waals surface area contributed by atoms with Crippen molar-refractivity contribution in [3.8, 4) is 0 Å². The van der Waals surface area contributed by atoms with Crippen molar-refractivity contribution in [1.29, 1.82) is 0 Å². The molecular formula is C23H22F2N6O. The fraction of sp³-hybridized carbons (Fsp3) is 0.304. The van der Waals surface area contributed by atoms with E-state index in [-0.39, 0.29) is 28.4 Å². The summed E-state index contributed by atoms with van der Waals surface area (Å²) in [6, 6.07) is 7.72. The predicted octanol–water partition coefficient (Wildman–Crippen LogP) is 3.37. The summed E-state index contributed by atoms with van der Waals surface area (Å²) in [5, 5.41) is 4.96. The van der Waals surface area contributed by atoms with Gasteiger partial charge in [0.1, 0.15) is 23.5 Å². The molecule has 3 aromatic heterocycles. The Balaban J connectivity index is 1.59. The molecule has 2 atom stereocenters. The van der Waals surface area contributed by atoms with E-state index in [0.717, 1.165) is 0 Å². The summed E-state index contributed by atoms with van der Waals surface area (Å²) in [5.41, 5.74) is 1.33. The van der Waals surface area contributed by atoms with Crippen LogP contribution >= 0.6 is 0 Å². The van der Waals surface area contributed by atoms with E-state index in [1.807, 2.05) is 17.9 Å². The highest BCUT2D eigenvalue weighted by Crippen LogP contribution is 2.33. The molecule has 1 fully saturated rings. The number of pyridine rings is 1. The highest BCUT2D eigenvalue weighted by atomic mass is 19.1. The second-order valence-electron chi connectivity index (χ2n) is 8.15. The summed E-state index contributed by atoms with van der Waals surface area (Å²) < 4.78 is 31.8. The number of likely N-dealkylation sites (N-methyl/N-ethyl adjacent to an activating group) is 1. The molecule has 1 aromatic carbocycles. The van der Waals surface area contributed by atoms with Gasteiger partial charge in [0.05, 0.1) is 17.4 Å². The molecule has 7 nitrogen and oxygen atoms in total. The van der Waals surface area contributed by atoms with Gasteiger partial charge >= 0.3 is 0 Å². The summed E-state index contributed by atoms with van der Waals surface area (Å²) >= 11 is 0. The third-order valence-electron chi connectivity index (χ3n) is 6.26. The molecule has 9 heteroatoms. The third kappa shape index (κ3) is 3.07. The van der Waals surface area contributed by atoms with E-state index >= 15 is 4.39 Å². The lowest BCUT2D eigenvalue weighted by Crippen LogP contribution is -2.54. The van der Waals surface area contributed by atoms with Gasteiger partial charge in [0.25, 0.3) is 0 Å². The molecule has 5 rings (SSSR count). The zero-order chi connectivity index (χ0) is 22.6. The number of rotatable bonds is 3. The smallest absolute Gasteiger partial charge is 0.244 e. The molecule has 1 saturated heterocycles. The predicted molar refractivity (Wildman–Crippen MR) is 117 cm³/mol. The second-order valence-corrected chi connectivity index (χ2v) is 8.15. The van der Waals surface area contributed by atoms with Crippen LogP contribution in [0.4, 0.5) is 14.6 Å². The topological polar surface area (TPSA) is 66.6 Å². The van der Waals surface area contributed by atoms with Crippen LogP contribution in [0.5, 0.6) is 0 Å². The van der Waals surface area contributed by atoms with Crippen LogP contribution in [0.2, 0.25) is 0 Å². The maximum absolute atomic E-state index is 15.3. The summed E-state index contributed by atoms with van der Waals surface area (Å²) in [6.45, 7) is 4.80. The van der Waals surface area contributed by atoms with Crippen LogP contribution in [-0.4, -0.2) is 56.6 Å². The van der Waals surface area contributed by atoms with Crippen molar-refractivity contribution in [2.45, 2.75) is 25.8 Å². The van der Waals surface area contributed by atoms with E-state index in [2.05, 4.69) is 15.1 Å². The van der Waals surface area contributed by atoms with E-state index in [1.54, 1.807) is 47.8 Å². The number of nitrogens with zero attached hydrogens (tertiary/aromatic N) is 6. The Morgan fingerprint density at radius 3 is 2.78 bits per heavy atom. The van der Waals surface area contributed by atoms with Gasteiger partial charge in [-0.3, -0.25) is 9.78 Å². The van der Waals surface area contributed by atoms with Crippen LogP contribution < -0.4 is 4.90 Å². The molecule has 0 aliphatic carbocycles. The Morgan fingerprint density at radius 1 is 1.16 bits per heavy atom. The molecule has 0 radical (unpaired) electrons. The molecule has 164 valence electrons. The molecule has 1 aliphatic rings. The van der Waals surface area contributed by atoms with E-state index in [0.29, 0.717) is 30.2 Å². The minimum atomic E-state index is -0.661. The number of benzene rings is 1. The SMILES string of the molecule is CC(c1c(F)cc2ncccc2c1F)c1cnc2ccc(N3CCN(C)C(=O)C3C)nn12. The molecule has 1 aliphatic heterocycles. The van der Waals surface area contributed by atoms with Crippen LogP contribution in [0.15, 0.2) is 42.7 Å². The minimum absolute atomic E-state index is 0.0197. The number of halogens is 2. The quantitative estimate of drug-likeness (QED) is 0.493. The van der Waals surface area contributed by atoms with Gasteiger partial charge in [-0.25, -0.2) is 18.3 Å². The van der Waals surface area contributed by atoms with Gasteiger partial charge in [-0.05, 0) is 31.2 Å². The Labute approximate surface area is 183 Å². The molecule has 32 heavy (non-hydrogen) atoms. The van der Waals surface area contributed by atoms with E-state index in [1.165, 1.54) is 12.3 Å². The van der Waals surface area contributed by atoms with Gasteiger partial charge in [0.15, 0.2) is 5.65 Å². The first kappa shape index (κ1) is 20.3. The number of hydrogen-bond donors (Lipinski definition) is 0. The molecule has 4 heterocycles. The molecule has 0 saturated carbocycles. The first-order valence-electron chi connectivity index (χ1n) is 10.5. The number of carbonyl (C=O) groups is 1. The van der Waals surface area contributed by atoms with Gasteiger partial charge < -0.3 is 9.80 Å². The van der Waals surface area contributed by atoms with Crippen LogP contribution in [0.1, 0.15) is 31.0 Å². The van der Waals surface area contributed by atoms with Crippen molar-refractivity contribution < 1.29 is 13.6 Å². The normalized spacial score (nSPS) is 18.0. The lowest BCUT2D eigenvalue weighted by atomic mass is 9.95. The van der Waals surface area contributed by atoms with Crippen molar-refractivity contribution in [1.82, 2.24) is 24.5 Å². The number of fused-ring (bicyclic) bond motifs is 2. The van der Waals surface area contributed by atoms with Crippen LogP contribution in [0.3, 0.4) is 0 Å². The molecule has 0 N–H and O–H groups in total. The van der Waals surface area contributed by atoms with Gasteiger partial charge in [-0.1, -0.05) is 6.92 Å². The number of amides is 1. The standard InChI is InChI=1S/C23H22F2N6O/c1-13(21-16(24)11-17-15(22(21)25)5-4-8-26-17)18-12-27-19-6-7-20(28-31(18)19)30-10-9-29(3)23(32)14(30)2/h4-8,11-14H,9-10H2,1-3H3. The fourth-order valence-corrected chi connectivity index (χ4v) is 4.37. The zero-order valence-corrected chi connectivity index (χ0v) is 18.0. The van der Waals surface area contributed by atoms with E-state index in [4.69, 9.17) is 0 Å². The average molecular weight is 436 g/mol. The summed E-state index contributed by atoms with van der Waals surface area (Å²) in [7, 11) is 1.78. The molecular weight excluding hydrogens is 414 g/mol. The summed E-state index contributed by atoms with van der Waals surface area (Å²) in [5.74, 6) is -1.31. The maximum Gasteiger partial charge on any atom is 0.244 e. The van der Waals surface area contributed by atoms with Crippen LogP contribution in [0.25, 0.3) is 16.6 Å². The number of hydrogen-bond acceptors (Lipinski definition) is 5. The first-order valence-corrected chi connectivity index (χ1v) is 10.5. The van der Waals surface area contributed by atoms with E-state index in [9.17, 15) is 9.18 Å². The van der Waals surface area contributed by atoms with Crippen molar-refractivity contribution in [3.05, 3.63) is 65.6 Å². The summed E-state index contributed by atoms with van der Waals surface area (Å²) in [6.07, 6.45) is 3.09. The first-order chi connectivity index (χ1) is 15.4. The van der Waals surface area contributed by atoms with Gasteiger partial charge in [0.2, 0.25) is 5.91 Å². The Bertz CT molecular complexity index is 1350. The monoisotopic (exact) mass is 436 g/mol. The van der Waals surface area contributed by atoms with Crippen LogP contribution in [0, 0.1) is 11.6 Å². The van der Waals surface area contributed by atoms with E-state index < -0.39 is 17.6 Å². The average Bonchev–Trinajstić information content (AvgIpc) is 3.21. The van der Waals surface area contributed by atoms with Crippen molar-refractivity contribution in [2.75, 3.05) is 25.0 Å². The molecule has 1 amide bonds. The fourth-order valence-electron chi connectivity index (χ4n) is 4.37. The van der Waals surface area contributed by atoms with Gasteiger partial charge in [0, 0.05) is 49.3 Å². The minimum Gasteiger partial charge on any atom is -0.342 e. The molecule has 2 unspecified atom stereocenters. The number of piperazine rings is 1. The number of imidazole rings is 1. The lowest BCUT2D eigenvalue weighted by Gasteiger charge is -2.38. The number of carbonyl (C=O) groups excluding carboxylic acids is 1.